The molecule has 0 atom stereocenters. The van der Waals surface area contributed by atoms with E-state index in [1.54, 1.807) is 0 Å². The molecule has 0 fully saturated rings. The molecule has 0 bridgehead atoms. The summed E-state index contributed by atoms with van der Waals surface area (Å²) in [4.78, 5) is 17.1. The number of hydrogen-bond donors (Lipinski definition) is 3. The lowest BCUT2D eigenvalue weighted by atomic mass is 9.93. The molecule has 1 aromatic rings. The number of para-hydroxylation sites is 1. The van der Waals surface area contributed by atoms with Crippen LogP contribution in [0.25, 0.3) is 0 Å². The number of anilines is 1. The van der Waals surface area contributed by atoms with Gasteiger partial charge in [-0.1, -0.05) is 111 Å². The number of hydrogen-bond acceptors (Lipinski definition) is 4. The zero-order valence-corrected chi connectivity index (χ0v) is 21.7. The Kier molecular flexibility index (Phi) is 12.3. The van der Waals surface area contributed by atoms with Gasteiger partial charge < -0.3 is 5.32 Å². The van der Waals surface area contributed by atoms with E-state index in [-0.39, 0.29) is 6.03 Å². The lowest BCUT2D eigenvalue weighted by molar-refractivity contribution is 0.250. The topological polar surface area (TPSA) is 68.8 Å². The third-order valence-corrected chi connectivity index (χ3v) is 6.29. The summed E-state index contributed by atoms with van der Waals surface area (Å²) in [5, 5.41) is 8.03. The highest BCUT2D eigenvalue weighted by Gasteiger charge is 2.19. The molecule has 6 heteroatoms. The number of urea groups is 1. The summed E-state index contributed by atoms with van der Waals surface area (Å²) >= 11 is 0. The molecule has 0 radical (unpaired) electrons. The van der Waals surface area contributed by atoms with Crippen LogP contribution in [0.1, 0.15) is 122 Å². The van der Waals surface area contributed by atoms with Crippen molar-refractivity contribution >= 4 is 17.7 Å². The smallest absolute Gasteiger partial charge is 0.307 e. The first-order chi connectivity index (χ1) is 15.9. The second-order valence-corrected chi connectivity index (χ2v) is 9.91. The lowest BCUT2D eigenvalue weighted by Crippen LogP contribution is -2.46. The van der Waals surface area contributed by atoms with Crippen LogP contribution in [0.15, 0.2) is 23.2 Å². The van der Waals surface area contributed by atoms with Crippen LogP contribution < -0.4 is 16.1 Å². The van der Waals surface area contributed by atoms with Crippen molar-refractivity contribution < 1.29 is 4.79 Å². The Morgan fingerprint density at radius 1 is 0.909 bits per heavy atom. The molecule has 1 aromatic carbocycles. The first-order valence-corrected chi connectivity index (χ1v) is 13.2. The van der Waals surface area contributed by atoms with E-state index in [9.17, 15) is 4.79 Å². The van der Waals surface area contributed by atoms with Crippen LogP contribution in [0.5, 0.6) is 0 Å². The van der Waals surface area contributed by atoms with Crippen LogP contribution in [0.2, 0.25) is 0 Å². The number of aliphatic imine (C=N–C) groups is 1. The van der Waals surface area contributed by atoms with Gasteiger partial charge in [0.05, 0.1) is 0 Å². The number of guanidine groups is 1. The standard InChI is InChI=1S/C27H47N5O/c1-6-7-8-9-10-11-12-13-14-15-19-32-20-28-26(31-32)30-27(33)29-25-23(21(2)3)17-16-18-24(25)22(4)5/h16-18,21-22H,6-15,19-20H2,1-5H3,(H3,28,29,30,31,33). The predicted octanol–water partition coefficient (Wildman–Crippen LogP) is 7.11. The minimum absolute atomic E-state index is 0.253. The molecule has 0 spiro atoms. The Bertz CT molecular complexity index is 718. The number of hydrazine groups is 1. The summed E-state index contributed by atoms with van der Waals surface area (Å²) in [6, 6.07) is 6.00. The fourth-order valence-electron chi connectivity index (χ4n) is 4.31. The number of carbonyl (C=O) groups is 1. The van der Waals surface area contributed by atoms with Gasteiger partial charge in [0.25, 0.3) is 0 Å². The molecule has 0 unspecified atom stereocenters. The second kappa shape index (κ2) is 14.9. The lowest BCUT2D eigenvalue weighted by Gasteiger charge is -2.20. The third-order valence-electron chi connectivity index (χ3n) is 6.29. The summed E-state index contributed by atoms with van der Waals surface area (Å²) in [5.74, 6) is 1.18. The SMILES string of the molecule is CCCCCCCCCCCCN1CN=C(NC(=O)Nc2c(C(C)C)cccc2C(C)C)N1. The predicted molar refractivity (Wildman–Crippen MR) is 141 cm³/mol. The highest BCUT2D eigenvalue weighted by atomic mass is 16.2. The van der Waals surface area contributed by atoms with Crippen molar-refractivity contribution in [2.24, 2.45) is 4.99 Å². The van der Waals surface area contributed by atoms with Crippen molar-refractivity contribution in [2.45, 2.75) is 111 Å². The fourth-order valence-corrected chi connectivity index (χ4v) is 4.31. The van der Waals surface area contributed by atoms with Gasteiger partial charge in [-0.15, -0.1) is 0 Å². The molecule has 33 heavy (non-hydrogen) atoms. The van der Waals surface area contributed by atoms with Gasteiger partial charge >= 0.3 is 6.03 Å². The first kappa shape index (κ1) is 27.2. The van der Waals surface area contributed by atoms with Crippen molar-refractivity contribution in [3.63, 3.8) is 0 Å². The maximum absolute atomic E-state index is 12.7. The quantitative estimate of drug-likeness (QED) is 0.261. The fraction of sp³-hybridized carbons (Fsp3) is 0.704. The van der Waals surface area contributed by atoms with E-state index in [0.29, 0.717) is 24.5 Å². The largest absolute Gasteiger partial charge is 0.326 e. The van der Waals surface area contributed by atoms with Crippen molar-refractivity contribution in [1.29, 1.82) is 0 Å². The van der Waals surface area contributed by atoms with Gasteiger partial charge in [0.1, 0.15) is 6.67 Å². The first-order valence-electron chi connectivity index (χ1n) is 13.2. The molecule has 3 N–H and O–H groups in total. The molecule has 2 amide bonds. The minimum atomic E-state index is -0.253. The minimum Gasteiger partial charge on any atom is -0.307 e. The van der Waals surface area contributed by atoms with Crippen LogP contribution in [0.4, 0.5) is 10.5 Å². The van der Waals surface area contributed by atoms with Crippen molar-refractivity contribution in [3.05, 3.63) is 29.3 Å². The molecule has 6 nitrogen and oxygen atoms in total. The number of benzene rings is 1. The normalized spacial score (nSPS) is 14.0. The van der Waals surface area contributed by atoms with Gasteiger partial charge in [0.15, 0.2) is 0 Å². The van der Waals surface area contributed by atoms with Crippen LogP contribution in [-0.4, -0.2) is 30.2 Å². The van der Waals surface area contributed by atoms with Crippen LogP contribution in [-0.2, 0) is 0 Å². The number of carbonyl (C=O) groups excluding carboxylic acids is 1. The van der Waals surface area contributed by atoms with Crippen molar-refractivity contribution in [2.75, 3.05) is 18.5 Å². The van der Waals surface area contributed by atoms with E-state index in [0.717, 1.165) is 29.8 Å². The van der Waals surface area contributed by atoms with E-state index in [4.69, 9.17) is 0 Å². The van der Waals surface area contributed by atoms with Crippen LogP contribution >= 0.6 is 0 Å². The third kappa shape index (κ3) is 9.75. The average Bonchev–Trinajstić information content (AvgIpc) is 3.21. The van der Waals surface area contributed by atoms with E-state index in [1.807, 2.05) is 0 Å². The molecule has 0 saturated heterocycles. The Labute approximate surface area is 202 Å². The molecular formula is C27H47N5O. The molecular weight excluding hydrogens is 410 g/mol. The summed E-state index contributed by atoms with van der Waals surface area (Å²) in [7, 11) is 0. The summed E-state index contributed by atoms with van der Waals surface area (Å²) < 4.78 is 0. The molecule has 1 aliphatic heterocycles. The highest BCUT2D eigenvalue weighted by Crippen LogP contribution is 2.32. The van der Waals surface area contributed by atoms with Gasteiger partial charge in [-0.3, -0.25) is 10.7 Å². The summed E-state index contributed by atoms with van der Waals surface area (Å²) in [6.07, 6.45) is 13.3. The van der Waals surface area contributed by atoms with Gasteiger partial charge in [0.2, 0.25) is 5.96 Å². The van der Waals surface area contributed by atoms with Gasteiger partial charge in [-0.2, -0.15) is 5.01 Å². The molecule has 1 aliphatic rings. The zero-order chi connectivity index (χ0) is 24.1. The van der Waals surface area contributed by atoms with Gasteiger partial charge in [-0.25, -0.2) is 9.79 Å². The van der Waals surface area contributed by atoms with E-state index < -0.39 is 0 Å². The maximum Gasteiger partial charge on any atom is 0.326 e. The zero-order valence-electron chi connectivity index (χ0n) is 21.7. The van der Waals surface area contributed by atoms with E-state index >= 15 is 0 Å². The summed E-state index contributed by atoms with van der Waals surface area (Å²) in [5.41, 5.74) is 6.45. The van der Waals surface area contributed by atoms with Crippen LogP contribution in [0.3, 0.4) is 0 Å². The van der Waals surface area contributed by atoms with Gasteiger partial charge in [0, 0.05) is 12.2 Å². The van der Waals surface area contributed by atoms with Crippen molar-refractivity contribution in [3.8, 4) is 0 Å². The Morgan fingerprint density at radius 3 is 2.00 bits per heavy atom. The number of unbranched alkanes of at least 4 members (excludes halogenated alkanes) is 9. The van der Waals surface area contributed by atoms with Crippen molar-refractivity contribution in [1.82, 2.24) is 15.8 Å². The Balaban J connectivity index is 1.67. The molecule has 0 saturated carbocycles. The monoisotopic (exact) mass is 457 g/mol. The molecule has 0 aromatic heterocycles. The molecule has 186 valence electrons. The number of nitrogens with one attached hydrogen (secondary N) is 3. The molecule has 0 aliphatic carbocycles. The van der Waals surface area contributed by atoms with E-state index in [1.165, 1.54) is 57.8 Å². The van der Waals surface area contributed by atoms with Crippen LogP contribution in [0, 0.1) is 0 Å². The van der Waals surface area contributed by atoms with E-state index in [2.05, 4.69) is 78.9 Å². The number of amides is 2. The Morgan fingerprint density at radius 2 is 1.45 bits per heavy atom. The Hall–Kier alpha value is -2.08. The maximum atomic E-state index is 12.7. The molecule has 2 rings (SSSR count). The second-order valence-electron chi connectivity index (χ2n) is 9.91. The number of nitrogens with zero attached hydrogens (tertiary/aromatic N) is 2. The average molecular weight is 458 g/mol. The highest BCUT2D eigenvalue weighted by molar-refractivity contribution is 6.03. The van der Waals surface area contributed by atoms with Gasteiger partial charge in [-0.05, 0) is 29.4 Å². The summed E-state index contributed by atoms with van der Waals surface area (Å²) in [6.45, 7) is 12.4. The number of rotatable bonds is 14. The molecule has 1 heterocycles.